The van der Waals surface area contributed by atoms with E-state index in [1.807, 2.05) is 6.92 Å². The van der Waals surface area contributed by atoms with Crippen molar-refractivity contribution in [1.82, 2.24) is 49.9 Å². The number of alkyl halides is 2. The summed E-state index contributed by atoms with van der Waals surface area (Å²) in [5.74, 6) is -2.16. The summed E-state index contributed by atoms with van der Waals surface area (Å²) in [6, 6.07) is 8.30. The van der Waals surface area contributed by atoms with E-state index < -0.39 is 69.5 Å². The van der Waals surface area contributed by atoms with Crippen molar-refractivity contribution in [2.45, 2.75) is 86.8 Å². The van der Waals surface area contributed by atoms with E-state index in [9.17, 15) is 38.6 Å². The second-order valence-electron chi connectivity index (χ2n) is 13.9. The molecule has 6 heterocycles. The van der Waals surface area contributed by atoms with Gasteiger partial charge in [-0.3, -0.25) is 39.8 Å². The minimum absolute atomic E-state index is 0. The number of aromatic nitrogens is 10. The van der Waals surface area contributed by atoms with Gasteiger partial charge in [0.2, 0.25) is 23.7 Å². The van der Waals surface area contributed by atoms with Crippen LogP contribution in [0.2, 0.25) is 0 Å². The number of hydrogen-bond acceptors (Lipinski definition) is 17. The van der Waals surface area contributed by atoms with Crippen LogP contribution in [-0.2, 0) is 14.3 Å². The molecule has 21 nitrogen and oxygen atoms in total. The second kappa shape index (κ2) is 20.5. The van der Waals surface area contributed by atoms with Crippen LogP contribution in [0.4, 0.5) is 20.7 Å². The Morgan fingerprint density at radius 1 is 0.833 bits per heavy atom. The van der Waals surface area contributed by atoms with Gasteiger partial charge in [-0.15, -0.1) is 33.7 Å². The van der Waals surface area contributed by atoms with Crippen LogP contribution in [0, 0.1) is 11.8 Å². The van der Waals surface area contributed by atoms with Gasteiger partial charge in [0.15, 0.2) is 34.6 Å². The number of ether oxygens (including phenoxy) is 1. The molecular formula is C34H41F2N12NaO9S2. The fourth-order valence-corrected chi connectivity index (χ4v) is 8.63. The third-order valence-electron chi connectivity index (χ3n) is 9.07. The van der Waals surface area contributed by atoms with Gasteiger partial charge in [0.1, 0.15) is 23.0 Å². The first-order valence-corrected chi connectivity index (χ1v) is 20.0. The molecule has 318 valence electrons. The number of esters is 1. The molecule has 7 rings (SSSR count). The van der Waals surface area contributed by atoms with Gasteiger partial charge < -0.3 is 20.4 Å². The van der Waals surface area contributed by atoms with Crippen molar-refractivity contribution in [3.63, 3.8) is 0 Å². The second-order valence-corrected chi connectivity index (χ2v) is 16.6. The first kappa shape index (κ1) is 48.3. The standard InChI is InChI=1S/C21H23FN6O4S.C13H17FN6O4S.Na.H2O/c1-4-12-13(22)15(32-20(31)11-8-6-5-7-9-11)19(33-12)28-16-14(26-27-28)18(30)25-21(23-16)24-17(29)10(2)3;1-4(2)10(23)16-13-15-9-7(11(24)17-13)18-19-20(9)12-8(22)6(14)5(3-21)25-12;;/h5-10,12-13,15,19H,4H2,1-3H3,(H2,23,24,25,29,30);4-6,8,12,21-22H,3H2,1-2H3,(H2,15,16,17,23,24);;1H2/q;;+1;/p-1/t12-,13+,15?,19-;5-,6+,8?,12-;;/m11../s1. The summed E-state index contributed by atoms with van der Waals surface area (Å²) in [4.78, 5) is 74.3. The maximum Gasteiger partial charge on any atom is 1.00 e. The van der Waals surface area contributed by atoms with E-state index in [0.717, 1.165) is 16.4 Å². The van der Waals surface area contributed by atoms with Gasteiger partial charge >= 0.3 is 35.5 Å². The number of benzene rings is 1. The number of halogens is 2. The van der Waals surface area contributed by atoms with E-state index in [2.05, 4.69) is 51.2 Å². The molecule has 2 saturated heterocycles. The largest absolute Gasteiger partial charge is 1.00 e. The smallest absolute Gasteiger partial charge is 0.870 e. The van der Waals surface area contributed by atoms with Gasteiger partial charge in [-0.2, -0.15) is 9.97 Å². The van der Waals surface area contributed by atoms with E-state index in [0.29, 0.717) is 12.0 Å². The minimum atomic E-state index is -1.65. The molecule has 26 heteroatoms. The number of carbonyl (C=O) groups is 3. The molecule has 1 aromatic carbocycles. The zero-order valence-corrected chi connectivity index (χ0v) is 36.6. The summed E-state index contributed by atoms with van der Waals surface area (Å²) in [5, 5.41) is 36.7. The van der Waals surface area contributed by atoms with Crippen molar-refractivity contribution in [3.05, 3.63) is 56.6 Å². The van der Waals surface area contributed by atoms with E-state index >= 15 is 4.39 Å². The van der Waals surface area contributed by atoms with Crippen LogP contribution >= 0.6 is 23.5 Å². The third-order valence-corrected chi connectivity index (χ3v) is 12.3. The first-order chi connectivity index (χ1) is 27.6. The zero-order valence-electron chi connectivity index (χ0n) is 33.0. The number of aliphatic hydroxyl groups is 2. The molecule has 0 spiro atoms. The number of aliphatic hydroxyl groups excluding tert-OH is 2. The van der Waals surface area contributed by atoms with Crippen molar-refractivity contribution < 1.29 is 73.1 Å². The monoisotopic (exact) mass is 886 g/mol. The van der Waals surface area contributed by atoms with Gasteiger partial charge in [-0.25, -0.2) is 22.9 Å². The summed E-state index contributed by atoms with van der Waals surface area (Å²) in [6.07, 6.45) is -5.23. The summed E-state index contributed by atoms with van der Waals surface area (Å²) in [7, 11) is 0. The molecule has 2 amide bonds. The average Bonchev–Trinajstić information content (AvgIpc) is 3.96. The molecule has 4 aromatic heterocycles. The summed E-state index contributed by atoms with van der Waals surface area (Å²) < 4.78 is 37.3. The quantitative estimate of drug-likeness (QED) is 0.0719. The number of rotatable bonds is 10. The maximum atomic E-state index is 15.3. The number of hydrogen-bond donors (Lipinski definition) is 6. The molecule has 0 bridgehead atoms. The van der Waals surface area contributed by atoms with Crippen molar-refractivity contribution >= 4 is 75.5 Å². The Bertz CT molecular complexity index is 2420. The van der Waals surface area contributed by atoms with Crippen molar-refractivity contribution in [3.8, 4) is 0 Å². The average molecular weight is 887 g/mol. The molecule has 0 radical (unpaired) electrons. The number of anilines is 2. The van der Waals surface area contributed by atoms with Crippen LogP contribution < -0.4 is 51.3 Å². The van der Waals surface area contributed by atoms with E-state index in [1.54, 1.807) is 58.0 Å². The van der Waals surface area contributed by atoms with E-state index in [-0.39, 0.29) is 92.9 Å². The van der Waals surface area contributed by atoms with Gasteiger partial charge in [-0.05, 0) is 18.6 Å². The Hall–Kier alpha value is -4.37. The Morgan fingerprint density at radius 3 is 1.77 bits per heavy atom. The van der Waals surface area contributed by atoms with Crippen molar-refractivity contribution in [1.29, 1.82) is 0 Å². The number of H-pyrrole nitrogens is 2. The van der Waals surface area contributed by atoms with Crippen LogP contribution in [0.5, 0.6) is 0 Å². The number of fused-ring (bicyclic) bond motifs is 2. The predicted molar refractivity (Wildman–Crippen MR) is 210 cm³/mol. The van der Waals surface area contributed by atoms with Gasteiger partial charge in [0.25, 0.3) is 11.1 Å². The molecular weight excluding hydrogens is 846 g/mol. The maximum absolute atomic E-state index is 15.3. The molecule has 0 saturated carbocycles. The van der Waals surface area contributed by atoms with Crippen LogP contribution in [0.3, 0.4) is 0 Å². The number of aromatic amines is 2. The third kappa shape index (κ3) is 10.0. The Balaban J connectivity index is 0.000000265. The van der Waals surface area contributed by atoms with E-state index in [1.165, 1.54) is 16.4 Å². The Labute approximate surface area is 369 Å². The molecule has 8 atom stereocenters. The Kier molecular flexibility index (Phi) is 16.5. The first-order valence-electron chi connectivity index (χ1n) is 18.1. The molecule has 2 unspecified atom stereocenters. The van der Waals surface area contributed by atoms with Crippen LogP contribution in [0.15, 0.2) is 39.9 Å². The van der Waals surface area contributed by atoms with Crippen molar-refractivity contribution in [2.24, 2.45) is 11.8 Å². The fraction of sp³-hybridized carbons (Fsp3) is 0.500. The van der Waals surface area contributed by atoms with Crippen LogP contribution in [0.25, 0.3) is 22.3 Å². The van der Waals surface area contributed by atoms with Crippen molar-refractivity contribution in [2.75, 3.05) is 17.2 Å². The molecule has 0 aliphatic carbocycles. The number of nitrogens with one attached hydrogen (secondary N) is 4. The van der Waals surface area contributed by atoms with Crippen LogP contribution in [-0.4, -0.2) is 125 Å². The number of thioether (sulfide) groups is 2. The van der Waals surface area contributed by atoms with Gasteiger partial charge in [0.05, 0.1) is 17.4 Å². The minimum Gasteiger partial charge on any atom is -0.870 e. The van der Waals surface area contributed by atoms with Gasteiger partial charge in [0, 0.05) is 17.1 Å². The van der Waals surface area contributed by atoms with Crippen LogP contribution in [0.1, 0.15) is 62.1 Å². The van der Waals surface area contributed by atoms with Gasteiger partial charge in [-0.1, -0.05) is 63.2 Å². The number of amides is 2. The fourth-order valence-electron chi connectivity index (χ4n) is 5.83. The molecule has 2 fully saturated rings. The molecule has 60 heavy (non-hydrogen) atoms. The summed E-state index contributed by atoms with van der Waals surface area (Å²) >= 11 is 2.21. The summed E-state index contributed by atoms with van der Waals surface area (Å²) in [5.41, 5.74) is -1.03. The predicted octanol–water partition coefficient (Wildman–Crippen LogP) is -1.06. The number of carbonyl (C=O) groups excluding carboxylic acids is 3. The Morgan fingerprint density at radius 2 is 1.32 bits per heavy atom. The SMILES string of the molecule is CC(C)C(=O)Nc1nc2c(nnn2[C@@H]2S[C@H](CO)[C@H](F)C2O)c(=O)[nH]1.CC[C@H]1S[C@@H](n2nnc3c(=O)[nH]c(NC(=O)C(C)C)nc32)C(OC(=O)c2ccccc2)[C@H]1F.[Na+].[OH-]. The zero-order chi connectivity index (χ0) is 42.0. The summed E-state index contributed by atoms with van der Waals surface area (Å²) in [6.45, 7) is 8.15. The topological polar surface area (TPSA) is 308 Å². The molecule has 5 aromatic rings. The normalized spacial score (nSPS) is 23.4. The molecule has 2 aliphatic rings. The van der Waals surface area contributed by atoms with E-state index in [4.69, 9.17) is 4.74 Å². The molecule has 2 aliphatic heterocycles. The number of nitrogens with zero attached hydrogens (tertiary/aromatic N) is 8. The molecule has 7 N–H and O–H groups in total.